The van der Waals surface area contributed by atoms with Crippen LogP contribution in [0.25, 0.3) is 0 Å². The molecule has 0 aliphatic heterocycles. The van der Waals surface area contributed by atoms with E-state index in [1.54, 1.807) is 12.4 Å². The van der Waals surface area contributed by atoms with Crippen molar-refractivity contribution in [2.45, 2.75) is 0 Å². The molecule has 0 aliphatic rings. The van der Waals surface area contributed by atoms with Crippen molar-refractivity contribution in [2.75, 3.05) is 0 Å². The van der Waals surface area contributed by atoms with Gasteiger partial charge in [0, 0.05) is 12.4 Å². The fraction of sp³-hybridized carbons (Fsp3) is 0. The molecule has 0 amide bonds. The average molecular weight is 195 g/mol. The van der Waals surface area contributed by atoms with Gasteiger partial charge in [0.15, 0.2) is 0 Å². The van der Waals surface area contributed by atoms with Gasteiger partial charge in [-0.25, -0.2) is 0 Å². The van der Waals surface area contributed by atoms with Crippen LogP contribution in [0.3, 0.4) is 0 Å². The molecule has 9 heteroatoms. The third kappa shape index (κ3) is 38.1. The van der Waals surface area contributed by atoms with Crippen LogP contribution in [0.4, 0.5) is 0 Å². The number of phosphoric acid groups is 1. The van der Waals surface area contributed by atoms with Gasteiger partial charge in [-0.2, -0.15) is 7.82 Å². The molecule has 62 valence electrons. The number of rotatable bonds is 0. The second-order valence-electron chi connectivity index (χ2n) is 1.47. The predicted molar refractivity (Wildman–Crippen MR) is 31.8 cm³/mol. The van der Waals surface area contributed by atoms with Crippen LogP contribution in [0, 0.1) is 0 Å². The van der Waals surface area contributed by atoms with Gasteiger partial charge in [0.2, 0.25) is 0 Å². The molecule has 0 fully saturated rings. The van der Waals surface area contributed by atoms with Crippen molar-refractivity contribution in [3.05, 3.63) is 30.6 Å². The molecule has 0 aromatic carbocycles. The van der Waals surface area contributed by atoms with Gasteiger partial charge in [-0.3, -0.25) is 4.98 Å². The van der Waals surface area contributed by atoms with E-state index in [9.17, 15) is 0 Å². The maximum atomic E-state index is 8.55. The van der Waals surface area contributed by atoms with Crippen molar-refractivity contribution < 1.29 is 75.8 Å². The molecule has 1 aromatic heterocycles. The number of aromatic nitrogens is 1. The minimum absolute atomic E-state index is 0. The van der Waals surface area contributed by atoms with Crippen molar-refractivity contribution in [3.63, 3.8) is 0 Å². The van der Waals surface area contributed by atoms with Gasteiger partial charge in [0.1, 0.15) is 0 Å². The molecular formula is C5H5Li3NO4P. The molecule has 1 aromatic rings. The number of nitrogens with zero attached hydrogens (tertiary/aromatic N) is 1. The maximum Gasteiger partial charge on any atom is 1.00 e. The first-order chi connectivity index (χ1) is 5.00. The summed E-state index contributed by atoms with van der Waals surface area (Å²) in [6.45, 7) is 0. The van der Waals surface area contributed by atoms with Gasteiger partial charge in [0.05, 0.1) is 0 Å². The smallest absolute Gasteiger partial charge is 0.822 e. The summed E-state index contributed by atoms with van der Waals surface area (Å²) in [6.07, 6.45) is 3.50. The maximum absolute atomic E-state index is 8.55. The van der Waals surface area contributed by atoms with Crippen molar-refractivity contribution in [1.82, 2.24) is 4.98 Å². The van der Waals surface area contributed by atoms with Gasteiger partial charge in [-0.05, 0) is 12.1 Å². The Morgan fingerprint density at radius 1 is 0.857 bits per heavy atom. The Kier molecular flexibility index (Phi) is 24.4. The van der Waals surface area contributed by atoms with E-state index in [0.717, 1.165) is 0 Å². The zero-order valence-electron chi connectivity index (χ0n) is 8.41. The largest absolute Gasteiger partial charge is 1.00 e. The fourth-order valence-electron chi connectivity index (χ4n) is 0.313. The van der Waals surface area contributed by atoms with E-state index in [2.05, 4.69) is 4.98 Å². The van der Waals surface area contributed by atoms with E-state index in [4.69, 9.17) is 19.2 Å². The van der Waals surface area contributed by atoms with Crippen LogP contribution in [-0.2, 0) is 4.57 Å². The van der Waals surface area contributed by atoms with E-state index in [0.29, 0.717) is 0 Å². The zero-order valence-corrected chi connectivity index (χ0v) is 9.31. The molecule has 0 bridgehead atoms. The first kappa shape index (κ1) is 24.3. The van der Waals surface area contributed by atoms with Gasteiger partial charge in [-0.15, -0.1) is 0 Å². The molecule has 0 spiro atoms. The second-order valence-corrected chi connectivity index (χ2v) is 2.37. The van der Waals surface area contributed by atoms with Crippen LogP contribution in [0.5, 0.6) is 0 Å². The summed E-state index contributed by atoms with van der Waals surface area (Å²) in [6, 6.07) is 5.72. The molecule has 0 atom stereocenters. The topological polar surface area (TPSA) is 99.1 Å². The van der Waals surface area contributed by atoms with Gasteiger partial charge >= 0.3 is 56.6 Å². The summed E-state index contributed by atoms with van der Waals surface area (Å²) < 4.78 is 8.55. The molecule has 1 rings (SSSR count). The molecular weight excluding hydrogens is 190 g/mol. The van der Waals surface area contributed by atoms with E-state index in [1.165, 1.54) is 0 Å². The van der Waals surface area contributed by atoms with Crippen LogP contribution >= 0.6 is 7.82 Å². The Hall–Kier alpha value is 1.05. The minimum atomic E-state index is -5.39. The summed E-state index contributed by atoms with van der Waals surface area (Å²) in [5.41, 5.74) is 0. The Morgan fingerprint density at radius 3 is 1.21 bits per heavy atom. The summed E-state index contributed by atoms with van der Waals surface area (Å²) in [5, 5.41) is 0. The number of hydrogen-bond acceptors (Lipinski definition) is 5. The van der Waals surface area contributed by atoms with Crippen LogP contribution in [0.2, 0.25) is 0 Å². The Balaban J connectivity index is -0.0000000597. The quantitative estimate of drug-likeness (QED) is 0.302. The number of pyridine rings is 1. The van der Waals surface area contributed by atoms with Gasteiger partial charge in [0.25, 0.3) is 0 Å². The summed E-state index contributed by atoms with van der Waals surface area (Å²) in [5.74, 6) is 0. The standard InChI is InChI=1S/C5H5N.3Li.H3O4P/c1-2-4-6-5-3-1;;;;1-5(2,3)4/h1-5H;;;;(H3,1,2,3,4)/q;3*+1;/p-3. The van der Waals surface area contributed by atoms with Crippen molar-refractivity contribution in [2.24, 2.45) is 0 Å². The fourth-order valence-corrected chi connectivity index (χ4v) is 0.313. The van der Waals surface area contributed by atoms with Crippen LogP contribution in [-0.4, -0.2) is 4.98 Å². The van der Waals surface area contributed by atoms with Crippen molar-refractivity contribution in [3.8, 4) is 0 Å². The molecule has 0 saturated carbocycles. The molecule has 0 unspecified atom stereocenters. The van der Waals surface area contributed by atoms with E-state index in [-0.39, 0.29) is 56.6 Å². The zero-order chi connectivity index (χ0) is 8.74. The molecule has 0 radical (unpaired) electrons. The second kappa shape index (κ2) is 14.1. The van der Waals surface area contributed by atoms with Crippen LogP contribution in [0.1, 0.15) is 0 Å². The third-order valence-electron chi connectivity index (χ3n) is 0.566. The van der Waals surface area contributed by atoms with E-state index < -0.39 is 7.82 Å². The predicted octanol–water partition coefficient (Wildman–Crippen LogP) is -10.7. The molecule has 1 heterocycles. The molecule has 0 saturated heterocycles. The minimum Gasteiger partial charge on any atom is -0.822 e. The monoisotopic (exact) mass is 195 g/mol. The molecule has 5 nitrogen and oxygen atoms in total. The van der Waals surface area contributed by atoms with Crippen LogP contribution in [0.15, 0.2) is 30.6 Å². The first-order valence-corrected chi connectivity index (χ1v) is 4.04. The summed E-state index contributed by atoms with van der Waals surface area (Å²) in [4.78, 5) is 29.4. The molecule has 0 aliphatic carbocycles. The SMILES string of the molecule is O=P([O-])([O-])[O-].[Li+].[Li+].[Li+].c1ccncc1. The van der Waals surface area contributed by atoms with Crippen LogP contribution < -0.4 is 71.3 Å². The van der Waals surface area contributed by atoms with Crippen molar-refractivity contribution >= 4 is 7.82 Å². The average Bonchev–Trinajstić information content (AvgIpc) is 1.88. The van der Waals surface area contributed by atoms with Gasteiger partial charge < -0.3 is 19.2 Å². The Morgan fingerprint density at radius 2 is 1.14 bits per heavy atom. The molecule has 0 N–H and O–H groups in total. The molecule has 14 heavy (non-hydrogen) atoms. The van der Waals surface area contributed by atoms with Crippen molar-refractivity contribution in [1.29, 1.82) is 0 Å². The number of hydrogen-bond donors (Lipinski definition) is 0. The normalized spacial score (nSPS) is 7.64. The summed E-state index contributed by atoms with van der Waals surface area (Å²) >= 11 is 0. The third-order valence-corrected chi connectivity index (χ3v) is 0.566. The van der Waals surface area contributed by atoms with E-state index >= 15 is 0 Å². The summed E-state index contributed by atoms with van der Waals surface area (Å²) in [7, 11) is -5.39. The first-order valence-electron chi connectivity index (χ1n) is 2.58. The Labute approximate surface area is 118 Å². The van der Waals surface area contributed by atoms with Gasteiger partial charge in [-0.1, -0.05) is 6.07 Å². The Bertz CT molecular complexity index is 197. The van der Waals surface area contributed by atoms with E-state index in [1.807, 2.05) is 18.2 Å².